The van der Waals surface area contributed by atoms with Crippen LogP contribution < -0.4 is 0 Å². The van der Waals surface area contributed by atoms with Gasteiger partial charge in [-0.1, -0.05) is 6.42 Å². The average Bonchev–Trinajstić information content (AvgIpc) is 2.03. The molecule has 70 valence electrons. The van der Waals surface area contributed by atoms with Gasteiger partial charge in [0.25, 0.3) is 0 Å². The highest BCUT2D eigenvalue weighted by molar-refractivity contribution is 4.83. The largest absolute Gasteiger partial charge is 0.390 e. The molecule has 0 amide bonds. The number of hydrogen-bond donors (Lipinski definition) is 1. The third-order valence-corrected chi connectivity index (χ3v) is 2.86. The molecule has 0 aromatic rings. The summed E-state index contributed by atoms with van der Waals surface area (Å²) in [4.78, 5) is 0. The molecular formula is C9H16O3. The molecular weight excluding hydrogens is 156 g/mol. The lowest BCUT2D eigenvalue weighted by molar-refractivity contribution is -0.151. The number of hydrogen-bond acceptors (Lipinski definition) is 3. The highest BCUT2D eigenvalue weighted by Gasteiger charge is 2.33. The summed E-state index contributed by atoms with van der Waals surface area (Å²) in [6.45, 7) is 1.88. The van der Waals surface area contributed by atoms with E-state index < -0.39 is 0 Å². The first-order valence-electron chi connectivity index (χ1n) is 4.75. The predicted octanol–water partition coefficient (Wildman–Crippen LogP) is 0.563. The van der Waals surface area contributed by atoms with Crippen molar-refractivity contribution in [1.82, 2.24) is 0 Å². The van der Waals surface area contributed by atoms with E-state index in [9.17, 15) is 5.11 Å². The van der Waals surface area contributed by atoms with Crippen molar-refractivity contribution in [3.05, 3.63) is 0 Å². The fourth-order valence-electron chi connectivity index (χ4n) is 1.79. The van der Waals surface area contributed by atoms with E-state index in [1.807, 2.05) is 0 Å². The second kappa shape index (κ2) is 3.73. The molecule has 2 aliphatic rings. The Morgan fingerprint density at radius 1 is 1.25 bits per heavy atom. The number of aliphatic hydroxyl groups excluding tert-OH is 1. The van der Waals surface area contributed by atoms with Gasteiger partial charge >= 0.3 is 0 Å². The van der Waals surface area contributed by atoms with Gasteiger partial charge in [-0.2, -0.15) is 0 Å². The number of ether oxygens (including phenoxy) is 2. The molecule has 1 saturated heterocycles. The summed E-state index contributed by atoms with van der Waals surface area (Å²) >= 11 is 0. The van der Waals surface area contributed by atoms with Crippen LogP contribution in [0.2, 0.25) is 0 Å². The van der Waals surface area contributed by atoms with Crippen molar-refractivity contribution < 1.29 is 14.6 Å². The van der Waals surface area contributed by atoms with E-state index in [0.29, 0.717) is 25.7 Å². The zero-order chi connectivity index (χ0) is 8.39. The zero-order valence-corrected chi connectivity index (χ0v) is 7.24. The normalized spacial score (nSPS) is 34.2. The van der Waals surface area contributed by atoms with Crippen LogP contribution in [0.15, 0.2) is 0 Å². The van der Waals surface area contributed by atoms with Crippen LogP contribution in [-0.4, -0.2) is 37.1 Å². The van der Waals surface area contributed by atoms with Crippen LogP contribution in [0.1, 0.15) is 19.3 Å². The molecule has 1 saturated carbocycles. The molecule has 1 aliphatic heterocycles. The zero-order valence-electron chi connectivity index (χ0n) is 7.24. The highest BCUT2D eigenvalue weighted by Crippen LogP contribution is 2.32. The first-order valence-corrected chi connectivity index (χ1v) is 4.75. The minimum absolute atomic E-state index is 0.0657. The van der Waals surface area contributed by atoms with E-state index >= 15 is 0 Å². The van der Waals surface area contributed by atoms with Crippen molar-refractivity contribution in [2.24, 2.45) is 5.92 Å². The van der Waals surface area contributed by atoms with Gasteiger partial charge in [0.1, 0.15) is 6.10 Å². The van der Waals surface area contributed by atoms with Crippen LogP contribution in [0.25, 0.3) is 0 Å². The van der Waals surface area contributed by atoms with E-state index in [1.165, 1.54) is 6.42 Å². The quantitative estimate of drug-likeness (QED) is 0.661. The predicted molar refractivity (Wildman–Crippen MR) is 43.9 cm³/mol. The topological polar surface area (TPSA) is 38.7 Å². The Balaban J connectivity index is 1.80. The SMILES string of the molecule is OC(C1CCC1)C1COCCO1. The number of rotatable bonds is 2. The van der Waals surface area contributed by atoms with Crippen LogP contribution in [0, 0.1) is 5.92 Å². The summed E-state index contributed by atoms with van der Waals surface area (Å²) in [5.74, 6) is 0.469. The summed E-state index contributed by atoms with van der Waals surface area (Å²) in [6.07, 6.45) is 3.21. The third kappa shape index (κ3) is 1.63. The Labute approximate surface area is 72.7 Å². The van der Waals surface area contributed by atoms with Gasteiger partial charge in [-0.25, -0.2) is 0 Å². The van der Waals surface area contributed by atoms with Crippen LogP contribution in [0.5, 0.6) is 0 Å². The Bertz CT molecular complexity index is 139. The molecule has 3 heteroatoms. The van der Waals surface area contributed by atoms with Gasteiger partial charge in [0.2, 0.25) is 0 Å². The molecule has 0 spiro atoms. The maximum absolute atomic E-state index is 9.79. The molecule has 0 aromatic carbocycles. The van der Waals surface area contributed by atoms with Gasteiger partial charge in [0.15, 0.2) is 0 Å². The summed E-state index contributed by atoms with van der Waals surface area (Å²) in [5, 5.41) is 9.79. The van der Waals surface area contributed by atoms with Gasteiger partial charge in [0, 0.05) is 0 Å². The first-order chi connectivity index (χ1) is 5.88. The molecule has 0 aromatic heterocycles. The second-order valence-corrected chi connectivity index (χ2v) is 3.67. The van der Waals surface area contributed by atoms with Gasteiger partial charge in [0.05, 0.1) is 25.9 Å². The van der Waals surface area contributed by atoms with Gasteiger partial charge in [-0.05, 0) is 18.8 Å². The Hall–Kier alpha value is -0.120. The summed E-state index contributed by atoms with van der Waals surface area (Å²) in [7, 11) is 0. The molecule has 1 N–H and O–H groups in total. The lowest BCUT2D eigenvalue weighted by Gasteiger charge is -2.36. The standard InChI is InChI=1S/C9H16O3/c10-9(7-2-1-3-7)8-6-11-4-5-12-8/h7-10H,1-6H2. The van der Waals surface area contributed by atoms with Gasteiger partial charge < -0.3 is 14.6 Å². The second-order valence-electron chi connectivity index (χ2n) is 3.67. The average molecular weight is 172 g/mol. The van der Waals surface area contributed by atoms with E-state index in [1.54, 1.807) is 0 Å². The Kier molecular flexibility index (Phi) is 2.63. The van der Waals surface area contributed by atoms with Gasteiger partial charge in [-0.15, -0.1) is 0 Å². The first kappa shape index (κ1) is 8.48. The highest BCUT2D eigenvalue weighted by atomic mass is 16.6. The molecule has 2 unspecified atom stereocenters. The molecule has 1 heterocycles. The molecule has 1 aliphatic carbocycles. The van der Waals surface area contributed by atoms with Gasteiger partial charge in [-0.3, -0.25) is 0 Å². The molecule has 12 heavy (non-hydrogen) atoms. The van der Waals surface area contributed by atoms with E-state index in [2.05, 4.69) is 0 Å². The lowest BCUT2D eigenvalue weighted by atomic mass is 9.79. The lowest BCUT2D eigenvalue weighted by Crippen LogP contribution is -2.44. The third-order valence-electron chi connectivity index (χ3n) is 2.86. The minimum atomic E-state index is -0.293. The Morgan fingerprint density at radius 3 is 2.58 bits per heavy atom. The molecule has 3 nitrogen and oxygen atoms in total. The minimum Gasteiger partial charge on any atom is -0.390 e. The Morgan fingerprint density at radius 2 is 2.08 bits per heavy atom. The van der Waals surface area contributed by atoms with E-state index in [-0.39, 0.29) is 12.2 Å². The fourth-order valence-corrected chi connectivity index (χ4v) is 1.79. The molecule has 2 atom stereocenters. The van der Waals surface area contributed by atoms with Crippen molar-refractivity contribution in [3.8, 4) is 0 Å². The molecule has 0 radical (unpaired) electrons. The van der Waals surface area contributed by atoms with Crippen LogP contribution >= 0.6 is 0 Å². The maximum atomic E-state index is 9.79. The van der Waals surface area contributed by atoms with Crippen molar-refractivity contribution in [2.75, 3.05) is 19.8 Å². The maximum Gasteiger partial charge on any atom is 0.107 e. The summed E-state index contributed by atoms with van der Waals surface area (Å²) in [6, 6.07) is 0. The summed E-state index contributed by atoms with van der Waals surface area (Å²) < 4.78 is 10.7. The van der Waals surface area contributed by atoms with E-state index in [0.717, 1.165) is 12.8 Å². The monoisotopic (exact) mass is 172 g/mol. The fraction of sp³-hybridized carbons (Fsp3) is 1.00. The molecule has 2 rings (SSSR count). The summed E-state index contributed by atoms with van der Waals surface area (Å²) in [5.41, 5.74) is 0. The molecule has 2 fully saturated rings. The smallest absolute Gasteiger partial charge is 0.107 e. The van der Waals surface area contributed by atoms with Crippen molar-refractivity contribution in [1.29, 1.82) is 0 Å². The van der Waals surface area contributed by atoms with Crippen LogP contribution in [0.3, 0.4) is 0 Å². The number of aliphatic hydroxyl groups is 1. The van der Waals surface area contributed by atoms with Crippen molar-refractivity contribution in [2.45, 2.75) is 31.5 Å². The van der Waals surface area contributed by atoms with Crippen LogP contribution in [0.4, 0.5) is 0 Å². The van der Waals surface area contributed by atoms with Crippen molar-refractivity contribution in [3.63, 3.8) is 0 Å². The van der Waals surface area contributed by atoms with Crippen molar-refractivity contribution >= 4 is 0 Å². The van der Waals surface area contributed by atoms with Crippen LogP contribution in [-0.2, 0) is 9.47 Å². The van der Waals surface area contributed by atoms with E-state index in [4.69, 9.17) is 9.47 Å². The molecule has 0 bridgehead atoms.